The number of nitriles is 1. The summed E-state index contributed by atoms with van der Waals surface area (Å²) in [6.07, 6.45) is -0.796. The Bertz CT molecular complexity index is 800. The summed E-state index contributed by atoms with van der Waals surface area (Å²) in [5, 5.41) is 14.8. The molecule has 5 nitrogen and oxygen atoms in total. The number of aromatic nitrogens is 2. The molecule has 0 bridgehead atoms. The number of aromatic amines is 1. The third-order valence-corrected chi connectivity index (χ3v) is 3.43. The van der Waals surface area contributed by atoms with Crippen LogP contribution >= 0.6 is 0 Å². The summed E-state index contributed by atoms with van der Waals surface area (Å²) in [5.41, 5.74) is 0.792. The van der Waals surface area contributed by atoms with E-state index >= 15 is 0 Å². The number of benzene rings is 1. The lowest BCUT2D eigenvalue weighted by Gasteiger charge is -2.19. The maximum Gasteiger partial charge on any atom is 0.435 e. The van der Waals surface area contributed by atoms with Gasteiger partial charge in [0.1, 0.15) is 0 Å². The Morgan fingerprint density at radius 3 is 2.57 bits per heavy atom. The predicted molar refractivity (Wildman–Crippen MR) is 78.0 cm³/mol. The summed E-state index contributed by atoms with van der Waals surface area (Å²) >= 11 is 0. The first-order valence-corrected chi connectivity index (χ1v) is 6.70. The number of nitrogens with zero attached hydrogens (tertiary/aromatic N) is 4. The Labute approximate surface area is 130 Å². The van der Waals surface area contributed by atoms with Crippen LogP contribution in [0.3, 0.4) is 0 Å². The van der Waals surface area contributed by atoms with Gasteiger partial charge in [0.2, 0.25) is 0 Å². The SMILES string of the molecule is CN1C=CN(c2cc(C#N)cc(-c3cc(C(F)(F)F)n[nH]3)c2)C1. The van der Waals surface area contributed by atoms with E-state index in [0.717, 1.165) is 11.8 Å². The quantitative estimate of drug-likeness (QED) is 0.924. The minimum atomic E-state index is -4.51. The Morgan fingerprint density at radius 2 is 2.00 bits per heavy atom. The van der Waals surface area contributed by atoms with Crippen molar-refractivity contribution in [1.82, 2.24) is 15.1 Å². The molecule has 23 heavy (non-hydrogen) atoms. The zero-order chi connectivity index (χ0) is 16.6. The van der Waals surface area contributed by atoms with Crippen molar-refractivity contribution in [3.8, 4) is 17.3 Å². The molecule has 2 aromatic rings. The number of hydrogen-bond acceptors (Lipinski definition) is 4. The lowest BCUT2D eigenvalue weighted by Crippen LogP contribution is -2.21. The standard InChI is InChI=1S/C15H12F3N5/c1-22-2-3-23(9-22)12-5-10(8-19)4-11(6-12)13-7-14(21-20-13)15(16,17)18/h2-7H,9H2,1H3,(H,20,21). The average Bonchev–Trinajstić information content (AvgIpc) is 3.15. The highest BCUT2D eigenvalue weighted by molar-refractivity contribution is 5.69. The van der Waals surface area contributed by atoms with E-state index in [1.165, 1.54) is 6.07 Å². The Kier molecular flexibility index (Phi) is 3.48. The Morgan fingerprint density at radius 1 is 1.22 bits per heavy atom. The molecule has 0 fully saturated rings. The number of anilines is 1. The summed E-state index contributed by atoms with van der Waals surface area (Å²) < 4.78 is 38.0. The van der Waals surface area contributed by atoms with E-state index in [1.54, 1.807) is 12.1 Å². The van der Waals surface area contributed by atoms with Crippen molar-refractivity contribution in [1.29, 1.82) is 5.26 Å². The third-order valence-electron chi connectivity index (χ3n) is 3.43. The van der Waals surface area contributed by atoms with Crippen molar-refractivity contribution in [3.63, 3.8) is 0 Å². The van der Waals surface area contributed by atoms with E-state index in [1.807, 2.05) is 35.3 Å². The van der Waals surface area contributed by atoms with Crippen molar-refractivity contribution in [2.45, 2.75) is 6.18 Å². The normalized spacial score (nSPS) is 14.4. The van der Waals surface area contributed by atoms with Crippen molar-refractivity contribution >= 4 is 5.69 Å². The summed E-state index contributed by atoms with van der Waals surface area (Å²) in [4.78, 5) is 3.84. The summed E-state index contributed by atoms with van der Waals surface area (Å²) in [7, 11) is 1.90. The van der Waals surface area contributed by atoms with E-state index in [0.29, 0.717) is 17.8 Å². The topological polar surface area (TPSA) is 58.9 Å². The molecule has 0 aliphatic carbocycles. The first-order chi connectivity index (χ1) is 10.9. The molecule has 0 unspecified atom stereocenters. The first-order valence-electron chi connectivity index (χ1n) is 6.70. The molecule has 2 heterocycles. The second-order valence-electron chi connectivity index (χ2n) is 5.21. The van der Waals surface area contributed by atoms with Gasteiger partial charge in [-0.15, -0.1) is 0 Å². The Balaban J connectivity index is 2.01. The number of H-pyrrole nitrogens is 1. The van der Waals surface area contributed by atoms with E-state index in [-0.39, 0.29) is 5.69 Å². The van der Waals surface area contributed by atoms with Crippen LogP contribution in [0.5, 0.6) is 0 Å². The maximum atomic E-state index is 12.7. The van der Waals surface area contributed by atoms with Crippen LogP contribution in [0.2, 0.25) is 0 Å². The van der Waals surface area contributed by atoms with E-state index in [9.17, 15) is 13.2 Å². The smallest absolute Gasteiger partial charge is 0.361 e. The van der Waals surface area contributed by atoms with Crippen LogP contribution in [0.4, 0.5) is 18.9 Å². The molecule has 0 amide bonds. The lowest BCUT2D eigenvalue weighted by molar-refractivity contribution is -0.141. The van der Waals surface area contributed by atoms with Gasteiger partial charge in [0.25, 0.3) is 0 Å². The molecule has 0 spiro atoms. The summed E-state index contributed by atoms with van der Waals surface area (Å²) in [6.45, 7) is 0.602. The molecule has 0 radical (unpaired) electrons. The Hall–Kier alpha value is -2.95. The third kappa shape index (κ3) is 2.99. The van der Waals surface area contributed by atoms with E-state index < -0.39 is 11.9 Å². The molecule has 118 valence electrons. The summed E-state index contributed by atoms with van der Waals surface area (Å²) in [6, 6.07) is 7.90. The van der Waals surface area contributed by atoms with Crippen LogP contribution in [0.15, 0.2) is 36.7 Å². The average molecular weight is 319 g/mol. The van der Waals surface area contributed by atoms with Gasteiger partial charge in [-0.05, 0) is 24.3 Å². The molecule has 0 saturated carbocycles. The van der Waals surface area contributed by atoms with Gasteiger partial charge in [0.15, 0.2) is 5.69 Å². The second-order valence-corrected chi connectivity index (χ2v) is 5.21. The second kappa shape index (κ2) is 5.35. The van der Waals surface area contributed by atoms with Crippen LogP contribution in [0.25, 0.3) is 11.3 Å². The van der Waals surface area contributed by atoms with Crippen LogP contribution in [-0.4, -0.2) is 28.8 Å². The minimum Gasteiger partial charge on any atom is -0.361 e. The molecule has 3 rings (SSSR count). The van der Waals surface area contributed by atoms with Gasteiger partial charge in [-0.3, -0.25) is 5.10 Å². The van der Waals surface area contributed by atoms with Gasteiger partial charge in [-0.1, -0.05) is 0 Å². The van der Waals surface area contributed by atoms with E-state index in [4.69, 9.17) is 5.26 Å². The number of alkyl halides is 3. The molecule has 8 heteroatoms. The predicted octanol–water partition coefficient (Wildman–Crippen LogP) is 3.15. The van der Waals surface area contributed by atoms with Gasteiger partial charge in [0, 0.05) is 30.7 Å². The lowest BCUT2D eigenvalue weighted by atomic mass is 10.1. The van der Waals surface area contributed by atoms with Gasteiger partial charge in [0.05, 0.1) is 24.0 Å². The highest BCUT2D eigenvalue weighted by atomic mass is 19.4. The zero-order valence-corrected chi connectivity index (χ0v) is 12.1. The molecule has 1 N–H and O–H groups in total. The molecule has 1 aliphatic rings. The molecule has 0 saturated heterocycles. The fourth-order valence-electron chi connectivity index (χ4n) is 2.31. The molecular weight excluding hydrogens is 307 g/mol. The van der Waals surface area contributed by atoms with Crippen molar-refractivity contribution < 1.29 is 13.2 Å². The van der Waals surface area contributed by atoms with Crippen LogP contribution in [0.1, 0.15) is 11.3 Å². The maximum absolute atomic E-state index is 12.7. The van der Waals surface area contributed by atoms with Crippen LogP contribution < -0.4 is 4.90 Å². The highest BCUT2D eigenvalue weighted by Gasteiger charge is 2.34. The fourth-order valence-corrected chi connectivity index (χ4v) is 2.31. The van der Waals surface area contributed by atoms with Crippen LogP contribution in [-0.2, 0) is 6.18 Å². The van der Waals surface area contributed by atoms with Gasteiger partial charge < -0.3 is 9.80 Å². The van der Waals surface area contributed by atoms with E-state index in [2.05, 4.69) is 10.2 Å². The molecule has 1 aliphatic heterocycles. The van der Waals surface area contributed by atoms with Crippen molar-refractivity contribution in [2.24, 2.45) is 0 Å². The molecular formula is C15H12F3N5. The largest absolute Gasteiger partial charge is 0.435 e. The number of rotatable bonds is 2. The monoisotopic (exact) mass is 319 g/mol. The van der Waals surface area contributed by atoms with Gasteiger partial charge >= 0.3 is 6.18 Å². The molecule has 1 aromatic heterocycles. The highest BCUT2D eigenvalue weighted by Crippen LogP contribution is 2.32. The molecule has 0 atom stereocenters. The van der Waals surface area contributed by atoms with Crippen LogP contribution in [0, 0.1) is 11.3 Å². The fraction of sp³-hybridized carbons (Fsp3) is 0.200. The molecule has 1 aromatic carbocycles. The van der Waals surface area contributed by atoms with Gasteiger partial charge in [-0.2, -0.15) is 23.5 Å². The number of hydrogen-bond donors (Lipinski definition) is 1. The first kappa shape index (κ1) is 15.0. The number of nitrogens with one attached hydrogen (secondary N) is 1. The van der Waals surface area contributed by atoms with Crippen molar-refractivity contribution in [2.75, 3.05) is 18.6 Å². The van der Waals surface area contributed by atoms with Gasteiger partial charge in [-0.25, -0.2) is 0 Å². The summed E-state index contributed by atoms with van der Waals surface area (Å²) in [5.74, 6) is 0. The minimum absolute atomic E-state index is 0.215. The number of halogens is 3. The van der Waals surface area contributed by atoms with Crippen molar-refractivity contribution in [3.05, 3.63) is 47.9 Å². The zero-order valence-electron chi connectivity index (χ0n) is 12.1.